The van der Waals surface area contributed by atoms with Crippen molar-refractivity contribution in [2.75, 3.05) is 38.0 Å². The van der Waals surface area contributed by atoms with Crippen molar-refractivity contribution in [3.63, 3.8) is 0 Å². The summed E-state index contributed by atoms with van der Waals surface area (Å²) in [5.41, 5.74) is 4.63. The topological polar surface area (TPSA) is 35.6 Å². The summed E-state index contributed by atoms with van der Waals surface area (Å²) in [7, 11) is 0. The number of hydrogen-bond acceptors (Lipinski definition) is 3. The van der Waals surface area contributed by atoms with Crippen molar-refractivity contribution in [1.29, 1.82) is 0 Å². The van der Waals surface area contributed by atoms with E-state index in [1.165, 1.54) is 11.1 Å². The Morgan fingerprint density at radius 1 is 1.04 bits per heavy atom. The number of anilines is 1. The first-order chi connectivity index (χ1) is 13.0. The van der Waals surface area contributed by atoms with Crippen LogP contribution in [0.4, 0.5) is 5.69 Å². The highest BCUT2D eigenvalue weighted by Gasteiger charge is 2.25. The van der Waals surface area contributed by atoms with Crippen molar-refractivity contribution in [1.82, 2.24) is 9.80 Å². The van der Waals surface area contributed by atoms with Crippen LogP contribution in [0, 0.1) is 13.8 Å². The highest BCUT2D eigenvalue weighted by molar-refractivity contribution is 5.95. The van der Waals surface area contributed by atoms with Crippen LogP contribution < -0.4 is 5.32 Å². The van der Waals surface area contributed by atoms with E-state index in [4.69, 9.17) is 0 Å². The third-order valence-electron chi connectivity index (χ3n) is 5.53. The molecule has 144 valence electrons. The van der Waals surface area contributed by atoms with Crippen LogP contribution >= 0.6 is 0 Å². The first-order valence-corrected chi connectivity index (χ1v) is 9.91. The van der Waals surface area contributed by atoms with Crippen molar-refractivity contribution in [3.8, 4) is 0 Å². The van der Waals surface area contributed by atoms with E-state index >= 15 is 0 Å². The third kappa shape index (κ3) is 5.41. The second-order valence-corrected chi connectivity index (χ2v) is 7.60. The van der Waals surface area contributed by atoms with Gasteiger partial charge in [-0.1, -0.05) is 48.0 Å². The van der Waals surface area contributed by atoms with Gasteiger partial charge in [-0.2, -0.15) is 0 Å². The molecule has 1 saturated heterocycles. The minimum atomic E-state index is -0.109. The van der Waals surface area contributed by atoms with Gasteiger partial charge in [-0.3, -0.25) is 9.69 Å². The van der Waals surface area contributed by atoms with E-state index < -0.39 is 0 Å². The van der Waals surface area contributed by atoms with Crippen molar-refractivity contribution in [2.45, 2.75) is 33.2 Å². The van der Waals surface area contributed by atoms with Gasteiger partial charge < -0.3 is 10.2 Å². The molecular formula is C23H31N3O. The number of benzene rings is 2. The van der Waals surface area contributed by atoms with Gasteiger partial charge >= 0.3 is 0 Å². The lowest BCUT2D eigenvalue weighted by Crippen LogP contribution is -2.53. The second-order valence-electron chi connectivity index (χ2n) is 7.60. The van der Waals surface area contributed by atoms with E-state index in [2.05, 4.69) is 58.4 Å². The van der Waals surface area contributed by atoms with Crippen LogP contribution in [0.3, 0.4) is 0 Å². The molecule has 1 fully saturated rings. The Bertz CT molecular complexity index is 751. The average molecular weight is 366 g/mol. The van der Waals surface area contributed by atoms with Gasteiger partial charge in [0.2, 0.25) is 5.91 Å². The molecule has 1 amide bonds. The number of carbonyl (C=O) groups excluding carboxylic acids is 1. The van der Waals surface area contributed by atoms with E-state index in [0.29, 0.717) is 0 Å². The molecule has 1 aliphatic rings. The molecule has 0 aromatic heterocycles. The first kappa shape index (κ1) is 19.6. The Balaban J connectivity index is 1.46. The van der Waals surface area contributed by atoms with Crippen LogP contribution in [0.5, 0.6) is 0 Å². The van der Waals surface area contributed by atoms with Crippen LogP contribution in [-0.4, -0.2) is 54.5 Å². The highest BCUT2D eigenvalue weighted by Crippen LogP contribution is 2.17. The molecule has 27 heavy (non-hydrogen) atoms. The van der Waals surface area contributed by atoms with E-state index in [0.717, 1.165) is 50.4 Å². The summed E-state index contributed by atoms with van der Waals surface area (Å²) in [6, 6.07) is 16.7. The zero-order chi connectivity index (χ0) is 19.2. The Kier molecular flexibility index (Phi) is 6.64. The van der Waals surface area contributed by atoms with Crippen molar-refractivity contribution >= 4 is 11.6 Å². The number of piperazine rings is 1. The lowest BCUT2D eigenvalue weighted by atomic mass is 10.1. The summed E-state index contributed by atoms with van der Waals surface area (Å²) in [5.74, 6) is 0.0830. The lowest BCUT2D eigenvalue weighted by molar-refractivity contribution is -0.121. The summed E-state index contributed by atoms with van der Waals surface area (Å²) in [4.78, 5) is 17.5. The number of carbonyl (C=O) groups is 1. The van der Waals surface area contributed by atoms with Crippen LogP contribution in [0.25, 0.3) is 0 Å². The molecule has 0 spiro atoms. The number of amides is 1. The predicted molar refractivity (Wildman–Crippen MR) is 112 cm³/mol. The molecule has 4 nitrogen and oxygen atoms in total. The van der Waals surface area contributed by atoms with Crippen LogP contribution in [-0.2, 0) is 11.2 Å². The summed E-state index contributed by atoms with van der Waals surface area (Å²) in [6.07, 6.45) is 1.09. The predicted octanol–water partition coefficient (Wildman–Crippen LogP) is 3.49. The molecule has 0 aliphatic carbocycles. The molecule has 1 N–H and O–H groups in total. The highest BCUT2D eigenvalue weighted by atomic mass is 16.2. The van der Waals surface area contributed by atoms with Gasteiger partial charge in [-0.15, -0.1) is 0 Å². The van der Waals surface area contributed by atoms with E-state index in [9.17, 15) is 4.79 Å². The Hall–Kier alpha value is -2.17. The smallest absolute Gasteiger partial charge is 0.241 e. The minimum Gasteiger partial charge on any atom is -0.324 e. The third-order valence-corrected chi connectivity index (χ3v) is 5.53. The van der Waals surface area contributed by atoms with Gasteiger partial charge in [0.05, 0.1) is 6.04 Å². The molecule has 0 unspecified atom stereocenters. The summed E-state index contributed by atoms with van der Waals surface area (Å²) >= 11 is 0. The maximum absolute atomic E-state index is 12.7. The number of hydrogen-bond donors (Lipinski definition) is 1. The van der Waals surface area contributed by atoms with E-state index in [-0.39, 0.29) is 11.9 Å². The number of rotatable bonds is 6. The normalized spacial score (nSPS) is 16.9. The van der Waals surface area contributed by atoms with Gasteiger partial charge in [0.25, 0.3) is 0 Å². The maximum Gasteiger partial charge on any atom is 0.241 e. The maximum atomic E-state index is 12.7. The molecule has 3 rings (SSSR count). The fourth-order valence-corrected chi connectivity index (χ4v) is 3.66. The zero-order valence-corrected chi connectivity index (χ0v) is 16.7. The summed E-state index contributed by atoms with van der Waals surface area (Å²) in [6.45, 7) is 11.1. The number of nitrogens with zero attached hydrogens (tertiary/aromatic N) is 2. The fourth-order valence-electron chi connectivity index (χ4n) is 3.66. The molecule has 2 aromatic rings. The Labute approximate surface area is 163 Å². The fraction of sp³-hybridized carbons (Fsp3) is 0.435. The minimum absolute atomic E-state index is 0.0830. The molecular weight excluding hydrogens is 334 g/mol. The largest absolute Gasteiger partial charge is 0.324 e. The monoisotopic (exact) mass is 365 g/mol. The molecule has 4 heteroatoms. The SMILES string of the molecule is Cc1ccc(NC(=O)[C@@H](C)N2CCN(CCc3ccccc3)CC2)c(C)c1. The molecule has 2 aromatic carbocycles. The average Bonchev–Trinajstić information content (AvgIpc) is 2.69. The molecule has 0 radical (unpaired) electrons. The van der Waals surface area contributed by atoms with Crippen molar-refractivity contribution < 1.29 is 4.79 Å². The van der Waals surface area contributed by atoms with Crippen LogP contribution in [0.1, 0.15) is 23.6 Å². The van der Waals surface area contributed by atoms with E-state index in [1.54, 1.807) is 0 Å². The van der Waals surface area contributed by atoms with Gasteiger partial charge in [0, 0.05) is 38.4 Å². The first-order valence-electron chi connectivity index (χ1n) is 9.91. The lowest BCUT2D eigenvalue weighted by Gasteiger charge is -2.37. The van der Waals surface area contributed by atoms with Crippen LogP contribution in [0.15, 0.2) is 48.5 Å². The molecule has 1 heterocycles. The van der Waals surface area contributed by atoms with Gasteiger partial charge in [-0.05, 0) is 44.4 Å². The zero-order valence-electron chi connectivity index (χ0n) is 16.7. The van der Waals surface area contributed by atoms with E-state index in [1.807, 2.05) is 26.0 Å². The second kappa shape index (κ2) is 9.16. The van der Waals surface area contributed by atoms with Crippen molar-refractivity contribution in [3.05, 3.63) is 65.2 Å². The number of aryl methyl sites for hydroxylation is 2. The van der Waals surface area contributed by atoms with Gasteiger partial charge in [0.1, 0.15) is 0 Å². The van der Waals surface area contributed by atoms with Crippen molar-refractivity contribution in [2.24, 2.45) is 0 Å². The quantitative estimate of drug-likeness (QED) is 0.851. The molecule has 0 bridgehead atoms. The standard InChI is InChI=1S/C23H31N3O/c1-18-9-10-22(19(2)17-18)24-23(27)20(3)26-15-13-25(14-16-26)12-11-21-7-5-4-6-8-21/h4-10,17,20H,11-16H2,1-3H3,(H,24,27)/t20-/m1/s1. The number of nitrogens with one attached hydrogen (secondary N) is 1. The molecule has 1 aliphatic heterocycles. The van der Waals surface area contributed by atoms with Gasteiger partial charge in [0.15, 0.2) is 0 Å². The summed E-state index contributed by atoms with van der Waals surface area (Å²) in [5, 5.41) is 3.10. The Morgan fingerprint density at radius 2 is 1.74 bits per heavy atom. The summed E-state index contributed by atoms with van der Waals surface area (Å²) < 4.78 is 0. The molecule has 0 saturated carbocycles. The van der Waals surface area contributed by atoms with Gasteiger partial charge in [-0.25, -0.2) is 0 Å². The Morgan fingerprint density at radius 3 is 2.41 bits per heavy atom. The van der Waals surface area contributed by atoms with Crippen LogP contribution in [0.2, 0.25) is 0 Å². The molecule has 1 atom stereocenters.